The normalized spacial score (nSPS) is 13.7. The molecule has 0 radical (unpaired) electrons. The van der Waals surface area contributed by atoms with Gasteiger partial charge in [0.05, 0.1) is 7.11 Å². The van der Waals surface area contributed by atoms with Gasteiger partial charge in [-0.3, -0.25) is 4.79 Å². The summed E-state index contributed by atoms with van der Waals surface area (Å²) in [5, 5.41) is 7.30. The van der Waals surface area contributed by atoms with Crippen molar-refractivity contribution >= 4 is 23.1 Å². The molecule has 10 heteroatoms. The number of fused-ring (bicyclic) bond motifs is 1. The Morgan fingerprint density at radius 2 is 1.69 bits per heavy atom. The van der Waals surface area contributed by atoms with Gasteiger partial charge in [0.25, 0.3) is 0 Å². The maximum Gasteiger partial charge on any atom is 0.350 e. The van der Waals surface area contributed by atoms with E-state index in [0.29, 0.717) is 18.0 Å². The van der Waals surface area contributed by atoms with Crippen molar-refractivity contribution in [1.82, 2.24) is 24.5 Å². The second-order valence-electron chi connectivity index (χ2n) is 8.82. The van der Waals surface area contributed by atoms with Crippen molar-refractivity contribution in [1.29, 1.82) is 0 Å². The number of nitrogens with zero attached hydrogens (tertiary/aromatic N) is 6. The van der Waals surface area contributed by atoms with Gasteiger partial charge in [0.1, 0.15) is 12.3 Å². The van der Waals surface area contributed by atoms with Crippen molar-refractivity contribution in [2.24, 2.45) is 0 Å². The van der Waals surface area contributed by atoms with Crippen LogP contribution in [0.5, 0.6) is 5.75 Å². The van der Waals surface area contributed by atoms with Crippen LogP contribution in [0.4, 0.5) is 11.5 Å². The zero-order chi connectivity index (χ0) is 25.1. The summed E-state index contributed by atoms with van der Waals surface area (Å²) in [5.74, 6) is 1.11. The molecule has 4 aromatic rings. The molecule has 0 aliphatic carbocycles. The molecule has 2 aromatic carbocycles. The monoisotopic (exact) mass is 487 g/mol. The largest absolute Gasteiger partial charge is 0.497 e. The SMILES string of the molecule is COc1ccc(CNC(=O)Cn2nc3c(N4CCN(c5ccc(C)cc5)CC4)nccn3c2=O)cc1. The quantitative estimate of drug-likeness (QED) is 0.425. The lowest BCUT2D eigenvalue weighted by atomic mass is 10.2. The van der Waals surface area contributed by atoms with Gasteiger partial charge in [-0.2, -0.15) is 0 Å². The first kappa shape index (κ1) is 23.4. The average Bonchev–Trinajstić information content (AvgIpc) is 3.23. The topological polar surface area (TPSA) is 97.0 Å². The molecule has 186 valence electrons. The zero-order valence-corrected chi connectivity index (χ0v) is 20.4. The summed E-state index contributed by atoms with van der Waals surface area (Å²) >= 11 is 0. The van der Waals surface area contributed by atoms with Gasteiger partial charge < -0.3 is 19.9 Å². The number of carbonyl (C=O) groups excluding carboxylic acids is 1. The van der Waals surface area contributed by atoms with Crippen LogP contribution in [0, 0.1) is 6.92 Å². The molecule has 2 aromatic heterocycles. The van der Waals surface area contributed by atoms with Crippen molar-refractivity contribution < 1.29 is 9.53 Å². The first-order chi connectivity index (χ1) is 17.5. The summed E-state index contributed by atoms with van der Waals surface area (Å²) in [4.78, 5) is 34.5. The minimum Gasteiger partial charge on any atom is -0.497 e. The first-order valence-electron chi connectivity index (χ1n) is 11.9. The minimum absolute atomic E-state index is 0.169. The molecular weight excluding hydrogens is 458 g/mol. The molecule has 1 aliphatic heterocycles. The van der Waals surface area contributed by atoms with Crippen LogP contribution >= 0.6 is 0 Å². The number of aromatic nitrogens is 4. The molecule has 0 spiro atoms. The second-order valence-corrected chi connectivity index (χ2v) is 8.82. The molecule has 1 aliphatic rings. The summed E-state index contributed by atoms with van der Waals surface area (Å²) in [5.41, 5.74) is 3.46. The predicted molar refractivity (Wildman–Crippen MR) is 138 cm³/mol. The third kappa shape index (κ3) is 4.88. The van der Waals surface area contributed by atoms with Crippen LogP contribution in [0.25, 0.3) is 5.65 Å². The van der Waals surface area contributed by atoms with E-state index in [1.54, 1.807) is 19.5 Å². The van der Waals surface area contributed by atoms with Gasteiger partial charge in [-0.05, 0) is 36.8 Å². The number of nitrogens with one attached hydrogen (secondary N) is 1. The zero-order valence-electron chi connectivity index (χ0n) is 20.4. The van der Waals surface area contributed by atoms with Crippen LogP contribution in [-0.2, 0) is 17.9 Å². The van der Waals surface area contributed by atoms with E-state index in [1.807, 2.05) is 24.3 Å². The number of piperazine rings is 1. The number of benzene rings is 2. The summed E-state index contributed by atoms with van der Waals surface area (Å²) in [6.45, 7) is 5.45. The lowest BCUT2D eigenvalue weighted by Crippen LogP contribution is -2.47. The summed E-state index contributed by atoms with van der Waals surface area (Å²) in [6, 6.07) is 16.0. The molecule has 10 nitrogen and oxygen atoms in total. The molecule has 0 unspecified atom stereocenters. The van der Waals surface area contributed by atoms with E-state index in [2.05, 4.69) is 56.4 Å². The van der Waals surface area contributed by atoms with Gasteiger partial charge in [-0.15, -0.1) is 5.10 Å². The maximum atomic E-state index is 12.9. The number of aryl methyl sites for hydroxylation is 1. The van der Waals surface area contributed by atoms with Gasteiger partial charge >= 0.3 is 5.69 Å². The van der Waals surface area contributed by atoms with Gasteiger partial charge in [-0.1, -0.05) is 29.8 Å². The van der Waals surface area contributed by atoms with Crippen molar-refractivity contribution in [2.75, 3.05) is 43.1 Å². The highest BCUT2D eigenvalue weighted by Crippen LogP contribution is 2.21. The standard InChI is InChI=1S/C26H29N7O3/c1-19-3-7-21(8-4-19)30-13-15-31(16-14-30)24-25-29-33(26(35)32(25)12-11-27-24)18-23(34)28-17-20-5-9-22(36-2)10-6-20/h3-12H,13-18H2,1-2H3,(H,28,34). The minimum atomic E-state index is -0.369. The van der Waals surface area contributed by atoms with Crippen molar-refractivity contribution in [3.05, 3.63) is 82.5 Å². The van der Waals surface area contributed by atoms with Crippen LogP contribution in [0.15, 0.2) is 65.7 Å². The number of amides is 1. The highest BCUT2D eigenvalue weighted by Gasteiger charge is 2.22. The smallest absolute Gasteiger partial charge is 0.350 e. The highest BCUT2D eigenvalue weighted by atomic mass is 16.5. The summed E-state index contributed by atoms with van der Waals surface area (Å²) in [6.07, 6.45) is 3.19. The number of carbonyl (C=O) groups is 1. The highest BCUT2D eigenvalue weighted by molar-refractivity contribution is 5.75. The fourth-order valence-corrected chi connectivity index (χ4v) is 4.33. The Morgan fingerprint density at radius 1 is 1.00 bits per heavy atom. The van der Waals surface area contributed by atoms with E-state index in [1.165, 1.54) is 20.3 Å². The van der Waals surface area contributed by atoms with Crippen LogP contribution in [-0.4, -0.2) is 58.4 Å². The Morgan fingerprint density at radius 3 is 2.39 bits per heavy atom. The van der Waals surface area contributed by atoms with Gasteiger partial charge in [0.2, 0.25) is 11.6 Å². The lowest BCUT2D eigenvalue weighted by Gasteiger charge is -2.36. The number of hydrogen-bond acceptors (Lipinski definition) is 7. The Labute approximate surface area is 208 Å². The Kier molecular flexibility index (Phi) is 6.57. The van der Waals surface area contributed by atoms with Crippen molar-refractivity contribution in [2.45, 2.75) is 20.0 Å². The van der Waals surface area contributed by atoms with E-state index >= 15 is 0 Å². The molecule has 1 saturated heterocycles. The van der Waals surface area contributed by atoms with Gasteiger partial charge in [0, 0.05) is 50.8 Å². The van der Waals surface area contributed by atoms with Crippen LogP contribution in [0.2, 0.25) is 0 Å². The lowest BCUT2D eigenvalue weighted by molar-refractivity contribution is -0.122. The van der Waals surface area contributed by atoms with Crippen LogP contribution in [0.3, 0.4) is 0 Å². The van der Waals surface area contributed by atoms with E-state index in [-0.39, 0.29) is 18.1 Å². The van der Waals surface area contributed by atoms with Gasteiger partial charge in [-0.25, -0.2) is 18.9 Å². The Hall–Kier alpha value is -4.34. The number of methoxy groups -OCH3 is 1. The second kappa shape index (κ2) is 10.1. The van der Waals surface area contributed by atoms with Gasteiger partial charge in [0.15, 0.2) is 5.82 Å². The fourth-order valence-electron chi connectivity index (χ4n) is 4.33. The summed E-state index contributed by atoms with van der Waals surface area (Å²) in [7, 11) is 1.61. The number of hydrogen-bond donors (Lipinski definition) is 1. The predicted octanol–water partition coefficient (Wildman–Crippen LogP) is 1.85. The molecule has 36 heavy (non-hydrogen) atoms. The van der Waals surface area contributed by atoms with E-state index in [4.69, 9.17) is 4.74 Å². The number of ether oxygens (including phenoxy) is 1. The van der Waals surface area contributed by atoms with Crippen molar-refractivity contribution in [3.8, 4) is 5.75 Å². The average molecular weight is 488 g/mol. The first-order valence-corrected chi connectivity index (χ1v) is 11.9. The molecule has 0 bridgehead atoms. The molecule has 0 saturated carbocycles. The Bertz CT molecular complexity index is 1400. The molecule has 1 fully saturated rings. The molecule has 3 heterocycles. The van der Waals surface area contributed by atoms with E-state index in [0.717, 1.165) is 37.5 Å². The Balaban J connectivity index is 1.26. The molecule has 5 rings (SSSR count). The molecule has 1 amide bonds. The third-order valence-electron chi connectivity index (χ3n) is 6.40. The van der Waals surface area contributed by atoms with Crippen LogP contribution < -0.4 is 25.5 Å². The number of rotatable bonds is 7. The number of anilines is 2. The van der Waals surface area contributed by atoms with E-state index in [9.17, 15) is 9.59 Å². The molecule has 1 N–H and O–H groups in total. The summed E-state index contributed by atoms with van der Waals surface area (Å²) < 4.78 is 7.79. The molecular formula is C26H29N7O3. The maximum absolute atomic E-state index is 12.9. The van der Waals surface area contributed by atoms with Crippen molar-refractivity contribution in [3.63, 3.8) is 0 Å². The van der Waals surface area contributed by atoms with E-state index < -0.39 is 0 Å². The van der Waals surface area contributed by atoms with Crippen LogP contribution in [0.1, 0.15) is 11.1 Å². The fraction of sp³-hybridized carbons (Fsp3) is 0.308. The third-order valence-corrected chi connectivity index (χ3v) is 6.40. The molecule has 0 atom stereocenters.